The smallest absolute Gasteiger partial charge is 0.407 e. The number of carbonyl (C=O) groups excluding carboxylic acids is 2. The van der Waals surface area contributed by atoms with Gasteiger partial charge in [-0.2, -0.15) is 0 Å². The third kappa shape index (κ3) is 7.55. The molecule has 0 aliphatic carbocycles. The fraction of sp³-hybridized carbons (Fsp3) is 0.263. The Balaban J connectivity index is 1.19. The van der Waals surface area contributed by atoms with Gasteiger partial charge < -0.3 is 30.0 Å². The lowest BCUT2D eigenvalue weighted by atomic mass is 10.00. The molecule has 1 fully saturated rings. The zero-order chi connectivity index (χ0) is 33.1. The average molecular weight is 651 g/mol. The van der Waals surface area contributed by atoms with Crippen LogP contribution in [-0.4, -0.2) is 48.8 Å². The Morgan fingerprint density at radius 2 is 1.72 bits per heavy atom. The summed E-state index contributed by atoms with van der Waals surface area (Å²) >= 11 is 6.42. The van der Waals surface area contributed by atoms with Crippen molar-refractivity contribution < 1.29 is 19.1 Å². The van der Waals surface area contributed by atoms with Crippen molar-refractivity contribution in [3.63, 3.8) is 0 Å². The van der Waals surface area contributed by atoms with Crippen molar-refractivity contribution in [1.82, 2.24) is 15.6 Å². The fourth-order valence-corrected chi connectivity index (χ4v) is 6.19. The number of benzene rings is 4. The van der Waals surface area contributed by atoms with Gasteiger partial charge in [-0.3, -0.25) is 4.79 Å². The molecule has 6 rings (SSSR count). The van der Waals surface area contributed by atoms with Gasteiger partial charge in [0.15, 0.2) is 0 Å². The van der Waals surface area contributed by atoms with Crippen LogP contribution >= 0.6 is 11.6 Å². The van der Waals surface area contributed by atoms with E-state index in [2.05, 4.69) is 44.8 Å². The zero-order valence-electron chi connectivity index (χ0n) is 27.0. The van der Waals surface area contributed by atoms with Crippen LogP contribution in [0.4, 0.5) is 10.5 Å². The third-order valence-corrected chi connectivity index (χ3v) is 8.47. The first kappa shape index (κ1) is 32.0. The Bertz CT molecular complexity index is 1860. The number of anilines is 1. The summed E-state index contributed by atoms with van der Waals surface area (Å²) in [5, 5.41) is 7.80. The molecule has 9 heteroatoms. The number of fused-ring (bicyclic) bond motifs is 1. The lowest BCUT2D eigenvalue weighted by Crippen LogP contribution is -2.40. The van der Waals surface area contributed by atoms with Gasteiger partial charge >= 0.3 is 6.09 Å². The van der Waals surface area contributed by atoms with Crippen molar-refractivity contribution in [2.45, 2.75) is 44.9 Å². The predicted molar refractivity (Wildman–Crippen MR) is 187 cm³/mol. The molecular weight excluding hydrogens is 612 g/mol. The quantitative estimate of drug-likeness (QED) is 0.158. The Morgan fingerprint density at radius 3 is 2.47 bits per heavy atom. The highest BCUT2D eigenvalue weighted by Gasteiger charge is 2.27. The second-order valence-corrected chi connectivity index (χ2v) is 13.2. The van der Waals surface area contributed by atoms with Crippen LogP contribution in [0.5, 0.6) is 5.75 Å². The van der Waals surface area contributed by atoms with E-state index < -0.39 is 11.6 Å². The second-order valence-electron chi connectivity index (χ2n) is 12.8. The van der Waals surface area contributed by atoms with Gasteiger partial charge in [0.05, 0.1) is 19.2 Å². The van der Waals surface area contributed by atoms with Crippen LogP contribution < -0.4 is 20.3 Å². The number of halogens is 1. The molecule has 1 saturated heterocycles. The van der Waals surface area contributed by atoms with Crippen molar-refractivity contribution >= 4 is 40.2 Å². The van der Waals surface area contributed by atoms with Crippen molar-refractivity contribution in [3.8, 4) is 16.9 Å². The number of para-hydroxylation sites is 1. The molecule has 2 amide bonds. The summed E-state index contributed by atoms with van der Waals surface area (Å²) in [4.78, 5) is 31.8. The van der Waals surface area contributed by atoms with Crippen LogP contribution in [0.3, 0.4) is 0 Å². The summed E-state index contributed by atoms with van der Waals surface area (Å²) in [6.45, 7) is 7.12. The minimum Gasteiger partial charge on any atom is -0.496 e. The molecule has 8 nitrogen and oxygen atoms in total. The highest BCUT2D eigenvalue weighted by atomic mass is 35.5. The van der Waals surface area contributed by atoms with Crippen LogP contribution in [0, 0.1) is 0 Å². The molecule has 4 aromatic carbocycles. The second kappa shape index (κ2) is 13.4. The van der Waals surface area contributed by atoms with Gasteiger partial charge in [0, 0.05) is 46.1 Å². The zero-order valence-corrected chi connectivity index (χ0v) is 27.7. The van der Waals surface area contributed by atoms with Gasteiger partial charge in [-0.1, -0.05) is 54.1 Å². The van der Waals surface area contributed by atoms with E-state index in [1.165, 1.54) is 0 Å². The molecule has 1 aromatic heterocycles. The number of nitrogens with zero attached hydrogens (tertiary/aromatic N) is 1. The summed E-state index contributed by atoms with van der Waals surface area (Å²) in [7, 11) is 1.61. The van der Waals surface area contributed by atoms with Gasteiger partial charge in [0.25, 0.3) is 5.91 Å². The van der Waals surface area contributed by atoms with Crippen molar-refractivity contribution in [3.05, 3.63) is 119 Å². The van der Waals surface area contributed by atoms with Gasteiger partial charge in [0.1, 0.15) is 11.4 Å². The molecule has 0 saturated carbocycles. The van der Waals surface area contributed by atoms with Crippen LogP contribution in [-0.2, 0) is 4.74 Å². The number of carbonyl (C=O) groups is 2. The summed E-state index contributed by atoms with van der Waals surface area (Å²) in [5.41, 5.74) is 5.54. The maximum absolute atomic E-state index is 13.9. The Hall–Kier alpha value is -4.95. The molecule has 1 aliphatic heterocycles. The largest absolute Gasteiger partial charge is 0.496 e. The Labute approximate surface area is 280 Å². The van der Waals surface area contributed by atoms with Crippen LogP contribution in [0.2, 0.25) is 5.02 Å². The number of H-pyrrole nitrogens is 1. The molecular formula is C38H39ClN4O4. The van der Waals surface area contributed by atoms with Gasteiger partial charge in [-0.25, -0.2) is 4.79 Å². The number of aromatic nitrogens is 1. The molecule has 0 bridgehead atoms. The summed E-state index contributed by atoms with van der Waals surface area (Å²) < 4.78 is 11.1. The molecule has 2 atom stereocenters. The monoisotopic (exact) mass is 650 g/mol. The van der Waals surface area contributed by atoms with E-state index in [1.807, 2.05) is 87.5 Å². The standard InChI is InChI=1S/C38H39ClN4O4/c1-38(2,3)47-37(45)40-29-18-19-43(23-29)30-15-12-24(13-16-30)25-9-7-10-27(20-25)36(44)42-35(31-22-28(39)14-17-34(31)46-4)33-21-26-8-5-6-11-32(26)41-33/h5-17,20-22,29,35,41H,18-19,23H2,1-4H3,(H,40,45)(H,42,44)/t29-,35+/m0/s1. The maximum Gasteiger partial charge on any atom is 0.407 e. The molecule has 0 unspecified atom stereocenters. The minimum absolute atomic E-state index is 0.0276. The first-order valence-corrected chi connectivity index (χ1v) is 16.1. The number of alkyl carbamates (subject to hydrolysis) is 1. The third-order valence-electron chi connectivity index (χ3n) is 8.24. The van der Waals surface area contributed by atoms with E-state index in [0.717, 1.165) is 51.9 Å². The number of rotatable bonds is 8. The highest BCUT2D eigenvalue weighted by Crippen LogP contribution is 2.34. The van der Waals surface area contributed by atoms with E-state index in [1.54, 1.807) is 13.2 Å². The molecule has 242 valence electrons. The molecule has 1 aliphatic rings. The SMILES string of the molecule is COc1ccc(Cl)cc1[C@@H](NC(=O)c1cccc(-c2ccc(N3CC[C@H](NC(=O)OC(C)(C)C)C3)cc2)c1)c1cc2ccccc2[nH]1. The number of methoxy groups -OCH3 is 1. The minimum atomic E-state index is -0.541. The van der Waals surface area contributed by atoms with Crippen molar-refractivity contribution in [2.75, 3.05) is 25.1 Å². The molecule has 2 heterocycles. The Morgan fingerprint density at radius 1 is 0.936 bits per heavy atom. The first-order chi connectivity index (χ1) is 22.6. The first-order valence-electron chi connectivity index (χ1n) is 15.7. The van der Waals surface area contributed by atoms with E-state index in [4.69, 9.17) is 21.1 Å². The predicted octanol–water partition coefficient (Wildman–Crippen LogP) is 8.12. The van der Waals surface area contributed by atoms with E-state index >= 15 is 0 Å². The van der Waals surface area contributed by atoms with Gasteiger partial charge in [0.2, 0.25) is 0 Å². The normalized spacial score (nSPS) is 15.3. The summed E-state index contributed by atoms with van der Waals surface area (Å²) in [6, 6.07) is 30.8. The highest BCUT2D eigenvalue weighted by molar-refractivity contribution is 6.30. The lowest BCUT2D eigenvalue weighted by Gasteiger charge is -2.22. The van der Waals surface area contributed by atoms with Crippen molar-refractivity contribution in [1.29, 1.82) is 0 Å². The number of aromatic amines is 1. The van der Waals surface area contributed by atoms with E-state index in [0.29, 0.717) is 22.9 Å². The number of amides is 2. The molecule has 3 N–H and O–H groups in total. The van der Waals surface area contributed by atoms with Crippen molar-refractivity contribution in [2.24, 2.45) is 0 Å². The molecule has 5 aromatic rings. The maximum atomic E-state index is 13.9. The number of hydrogen-bond donors (Lipinski definition) is 3. The lowest BCUT2D eigenvalue weighted by molar-refractivity contribution is 0.0508. The average Bonchev–Trinajstić information content (AvgIpc) is 3.70. The summed E-state index contributed by atoms with van der Waals surface area (Å²) in [5.74, 6) is 0.395. The van der Waals surface area contributed by atoms with Gasteiger partial charge in [-0.15, -0.1) is 0 Å². The summed E-state index contributed by atoms with van der Waals surface area (Å²) in [6.07, 6.45) is 0.460. The molecule has 47 heavy (non-hydrogen) atoms. The van der Waals surface area contributed by atoms with Crippen LogP contribution in [0.25, 0.3) is 22.0 Å². The Kier molecular flexibility index (Phi) is 9.14. The fourth-order valence-electron chi connectivity index (χ4n) is 6.01. The number of nitrogens with one attached hydrogen (secondary N) is 3. The van der Waals surface area contributed by atoms with Gasteiger partial charge in [-0.05, 0) is 98.3 Å². The van der Waals surface area contributed by atoms with Crippen LogP contribution in [0.1, 0.15) is 54.8 Å². The number of ether oxygens (including phenoxy) is 2. The van der Waals surface area contributed by atoms with E-state index in [-0.39, 0.29) is 18.0 Å². The molecule has 0 radical (unpaired) electrons. The van der Waals surface area contributed by atoms with E-state index in [9.17, 15) is 9.59 Å². The topological polar surface area (TPSA) is 95.7 Å². The molecule has 0 spiro atoms. The van der Waals surface area contributed by atoms with Crippen LogP contribution in [0.15, 0.2) is 97.1 Å². The number of hydrogen-bond acceptors (Lipinski definition) is 5.